The minimum atomic E-state index is -0.837. The molecular weight excluding hydrogens is 522 g/mol. The first-order chi connectivity index (χ1) is 20.0. The zero-order chi connectivity index (χ0) is 28.8. The van der Waals surface area contributed by atoms with E-state index in [1.165, 1.54) is 0 Å². The molecule has 4 atom stereocenters. The predicted molar refractivity (Wildman–Crippen MR) is 156 cm³/mol. The first-order valence-corrected chi connectivity index (χ1v) is 15.1. The maximum absolute atomic E-state index is 14.0. The van der Waals surface area contributed by atoms with Crippen LogP contribution in [0.25, 0.3) is 0 Å². The van der Waals surface area contributed by atoms with E-state index in [1.807, 2.05) is 47.4 Å². The number of benzene rings is 2. The number of aliphatic carboxylic acids is 1. The number of rotatable bonds is 12. The fourth-order valence-corrected chi connectivity index (χ4v) is 6.55. The number of anilines is 1. The van der Waals surface area contributed by atoms with Crippen molar-refractivity contribution >= 4 is 17.6 Å². The van der Waals surface area contributed by atoms with Crippen LogP contribution in [0, 0.1) is 5.92 Å². The number of carbonyl (C=O) groups is 2. The third-order valence-corrected chi connectivity index (χ3v) is 8.75. The van der Waals surface area contributed by atoms with Gasteiger partial charge in [-0.05, 0) is 73.9 Å². The highest BCUT2D eigenvalue weighted by atomic mass is 16.7. The quantitative estimate of drug-likeness (QED) is 0.386. The molecule has 3 N–H and O–H groups in total. The summed E-state index contributed by atoms with van der Waals surface area (Å²) >= 11 is 0. The zero-order valence-corrected chi connectivity index (χ0v) is 24.0. The first kappa shape index (κ1) is 29.4. The molecule has 9 heteroatoms. The van der Waals surface area contributed by atoms with Crippen molar-refractivity contribution in [2.45, 2.75) is 76.5 Å². The van der Waals surface area contributed by atoms with Crippen LogP contribution in [0.4, 0.5) is 5.69 Å². The van der Waals surface area contributed by atoms with E-state index in [-0.39, 0.29) is 37.3 Å². The number of carboxylic acids is 1. The topological polar surface area (TPSA) is 115 Å². The molecule has 5 rings (SSSR count). The van der Waals surface area contributed by atoms with Gasteiger partial charge < -0.3 is 30.0 Å². The molecule has 0 radical (unpaired) electrons. The van der Waals surface area contributed by atoms with Crippen LogP contribution in [0.5, 0.6) is 11.5 Å². The maximum atomic E-state index is 14.0. The van der Waals surface area contributed by atoms with E-state index in [0.717, 1.165) is 61.9 Å². The molecule has 0 bridgehead atoms. The van der Waals surface area contributed by atoms with Crippen molar-refractivity contribution in [1.29, 1.82) is 0 Å². The van der Waals surface area contributed by atoms with Crippen molar-refractivity contribution in [3.05, 3.63) is 53.6 Å². The largest absolute Gasteiger partial charge is 0.481 e. The number of hydrogen-bond donors (Lipinski definition) is 2. The molecule has 2 aromatic carbocycles. The van der Waals surface area contributed by atoms with Crippen LogP contribution < -0.4 is 20.1 Å². The van der Waals surface area contributed by atoms with E-state index in [4.69, 9.17) is 19.9 Å². The molecule has 0 spiro atoms. The fourth-order valence-electron chi connectivity index (χ4n) is 6.55. The lowest BCUT2D eigenvalue weighted by Gasteiger charge is -2.31. The SMILES string of the molecule is CCCCN(C(=O)CN1C[C@H](c2ccc3c(c2)OCO3)C(C(=O)O)[C@@H]1CCC1CCCCO1)c1cccc(CN)c1. The molecule has 0 aromatic heterocycles. The van der Waals surface area contributed by atoms with Crippen LogP contribution in [0.1, 0.15) is 68.9 Å². The van der Waals surface area contributed by atoms with Crippen molar-refractivity contribution in [3.63, 3.8) is 0 Å². The van der Waals surface area contributed by atoms with Crippen molar-refractivity contribution in [2.75, 3.05) is 37.9 Å². The summed E-state index contributed by atoms with van der Waals surface area (Å²) in [5.74, 6) is -0.493. The third-order valence-electron chi connectivity index (χ3n) is 8.75. The van der Waals surface area contributed by atoms with E-state index in [0.29, 0.717) is 37.6 Å². The molecule has 1 amide bonds. The second kappa shape index (κ2) is 13.7. The van der Waals surface area contributed by atoms with Crippen molar-refractivity contribution in [3.8, 4) is 11.5 Å². The second-order valence-electron chi connectivity index (χ2n) is 11.4. The standard InChI is InChI=1S/C32H43N3O6/c1-2-3-14-35(24-8-6-7-22(16-24)18-33)30(36)20-34-19-26(23-10-13-28-29(17-23)41-21-40-28)31(32(37)38)27(34)12-11-25-9-4-5-15-39-25/h6-8,10,13,16-17,25-27,31H,2-5,9,11-12,14-15,18-21,33H2,1H3,(H,37,38)/t25?,26-,27+,31?/m1/s1. The van der Waals surface area contributed by atoms with Crippen LogP contribution in [0.2, 0.25) is 0 Å². The Hall–Kier alpha value is -3.14. The van der Waals surface area contributed by atoms with Crippen LogP contribution in [0.15, 0.2) is 42.5 Å². The minimum absolute atomic E-state index is 0.0259. The molecule has 3 aliphatic heterocycles. The van der Waals surface area contributed by atoms with Gasteiger partial charge in [-0.2, -0.15) is 0 Å². The lowest BCUT2D eigenvalue weighted by atomic mass is 9.83. The van der Waals surface area contributed by atoms with Crippen molar-refractivity contribution < 1.29 is 28.9 Å². The van der Waals surface area contributed by atoms with E-state index in [9.17, 15) is 14.7 Å². The molecular formula is C32H43N3O6. The van der Waals surface area contributed by atoms with Gasteiger partial charge in [-0.15, -0.1) is 0 Å². The molecule has 2 fully saturated rings. The number of unbranched alkanes of at least 4 members (excludes halogenated alkanes) is 1. The number of ether oxygens (including phenoxy) is 3. The number of hydrogen-bond acceptors (Lipinski definition) is 7. The third kappa shape index (κ3) is 6.85. The van der Waals surface area contributed by atoms with Crippen molar-refractivity contribution in [1.82, 2.24) is 4.90 Å². The summed E-state index contributed by atoms with van der Waals surface area (Å²) in [6.45, 7) is 4.66. The summed E-state index contributed by atoms with van der Waals surface area (Å²) in [4.78, 5) is 30.8. The van der Waals surface area contributed by atoms with Gasteiger partial charge in [0.05, 0.1) is 18.6 Å². The van der Waals surface area contributed by atoms with E-state index >= 15 is 0 Å². The Bertz CT molecular complexity index is 1200. The number of carbonyl (C=O) groups excluding carboxylic acids is 1. The Morgan fingerprint density at radius 1 is 1.10 bits per heavy atom. The Morgan fingerprint density at radius 2 is 1.95 bits per heavy atom. The van der Waals surface area contributed by atoms with E-state index < -0.39 is 11.9 Å². The molecule has 222 valence electrons. The highest BCUT2D eigenvalue weighted by Crippen LogP contribution is 2.43. The number of nitrogens with zero attached hydrogens (tertiary/aromatic N) is 2. The molecule has 9 nitrogen and oxygen atoms in total. The molecule has 2 unspecified atom stereocenters. The Labute approximate surface area is 242 Å². The van der Waals surface area contributed by atoms with Gasteiger partial charge >= 0.3 is 5.97 Å². The Morgan fingerprint density at radius 3 is 2.71 bits per heavy atom. The van der Waals surface area contributed by atoms with Crippen molar-refractivity contribution in [2.24, 2.45) is 11.7 Å². The summed E-state index contributed by atoms with van der Waals surface area (Å²) in [6.07, 6.45) is 6.62. The van der Waals surface area contributed by atoms with Gasteiger partial charge in [0, 0.05) is 43.9 Å². The molecule has 3 heterocycles. The average molecular weight is 566 g/mol. The van der Waals surface area contributed by atoms with Gasteiger partial charge in [-0.1, -0.05) is 31.5 Å². The monoisotopic (exact) mass is 565 g/mol. The first-order valence-electron chi connectivity index (χ1n) is 15.1. The molecule has 0 aliphatic carbocycles. The zero-order valence-electron chi connectivity index (χ0n) is 24.0. The summed E-state index contributed by atoms with van der Waals surface area (Å²) < 4.78 is 17.1. The second-order valence-corrected chi connectivity index (χ2v) is 11.4. The lowest BCUT2D eigenvalue weighted by molar-refractivity contribution is -0.143. The van der Waals surface area contributed by atoms with Gasteiger partial charge in [-0.3, -0.25) is 14.5 Å². The predicted octanol–water partition coefficient (Wildman–Crippen LogP) is 4.53. The van der Waals surface area contributed by atoms with E-state index in [1.54, 1.807) is 0 Å². The number of carboxylic acid groups (broad SMARTS) is 1. The van der Waals surface area contributed by atoms with Gasteiger partial charge in [0.15, 0.2) is 11.5 Å². The minimum Gasteiger partial charge on any atom is -0.481 e. The van der Waals surface area contributed by atoms with Crippen LogP contribution >= 0.6 is 0 Å². The highest BCUT2D eigenvalue weighted by molar-refractivity contribution is 5.95. The van der Waals surface area contributed by atoms with E-state index in [2.05, 4.69) is 11.8 Å². The summed E-state index contributed by atoms with van der Waals surface area (Å²) in [5.41, 5.74) is 8.59. The number of nitrogens with two attached hydrogens (primary N) is 1. The van der Waals surface area contributed by atoms with Gasteiger partial charge in [0.25, 0.3) is 0 Å². The lowest BCUT2D eigenvalue weighted by Crippen LogP contribution is -2.45. The number of likely N-dealkylation sites (tertiary alicyclic amines) is 1. The molecule has 3 aliphatic rings. The molecule has 2 saturated heterocycles. The average Bonchev–Trinajstić information content (AvgIpc) is 3.61. The maximum Gasteiger partial charge on any atom is 0.308 e. The fraction of sp³-hybridized carbons (Fsp3) is 0.562. The van der Waals surface area contributed by atoms with Gasteiger partial charge in [0.1, 0.15) is 0 Å². The molecule has 0 saturated carbocycles. The number of fused-ring (bicyclic) bond motifs is 1. The summed E-state index contributed by atoms with van der Waals surface area (Å²) in [6, 6.07) is 13.2. The summed E-state index contributed by atoms with van der Waals surface area (Å²) in [7, 11) is 0. The van der Waals surface area contributed by atoms with Crippen LogP contribution in [-0.4, -0.2) is 67.1 Å². The summed E-state index contributed by atoms with van der Waals surface area (Å²) in [5, 5.41) is 10.5. The van der Waals surface area contributed by atoms with Gasteiger partial charge in [0.2, 0.25) is 12.7 Å². The Balaban J connectivity index is 1.41. The highest BCUT2D eigenvalue weighted by Gasteiger charge is 2.47. The molecule has 41 heavy (non-hydrogen) atoms. The van der Waals surface area contributed by atoms with Crippen LogP contribution in [0.3, 0.4) is 0 Å². The number of amides is 1. The molecule has 2 aromatic rings. The van der Waals surface area contributed by atoms with Gasteiger partial charge in [-0.25, -0.2) is 0 Å². The Kier molecular flexibility index (Phi) is 9.80. The van der Waals surface area contributed by atoms with Crippen LogP contribution in [-0.2, 0) is 20.9 Å². The normalized spacial score (nSPS) is 24.0. The smallest absolute Gasteiger partial charge is 0.308 e.